The van der Waals surface area contributed by atoms with Crippen LogP contribution in [0.4, 0.5) is 0 Å². The van der Waals surface area contributed by atoms with E-state index in [0.29, 0.717) is 5.92 Å². The summed E-state index contributed by atoms with van der Waals surface area (Å²) < 4.78 is 0. The second-order valence-electron chi connectivity index (χ2n) is 4.56. The fraction of sp³-hybridized carbons (Fsp3) is 0.818. The van der Waals surface area contributed by atoms with E-state index >= 15 is 0 Å². The molecule has 0 bridgehead atoms. The summed E-state index contributed by atoms with van der Waals surface area (Å²) in [6, 6.07) is 0. The molecule has 12 heavy (non-hydrogen) atoms. The first-order valence-electron chi connectivity index (χ1n) is 5.03. The van der Waals surface area contributed by atoms with Crippen LogP contribution in [0.15, 0.2) is 12.2 Å². The standard InChI is InChI=1S/C11H18O/c1-8(2)11(12)7-9-5-3-4-6-10(9)11/h9-10,12H,1,3-7H2,2H3/t9-,10-,11-/m1/s1. The second kappa shape index (κ2) is 2.59. The average Bonchev–Trinajstić information content (AvgIpc) is 2.02. The molecule has 0 unspecified atom stereocenters. The predicted molar refractivity (Wildman–Crippen MR) is 49.8 cm³/mol. The Labute approximate surface area is 74.5 Å². The first kappa shape index (κ1) is 8.31. The molecule has 68 valence electrons. The van der Waals surface area contributed by atoms with Gasteiger partial charge in [-0.1, -0.05) is 19.4 Å². The molecule has 2 aliphatic rings. The molecule has 2 fully saturated rings. The Hall–Kier alpha value is -0.300. The van der Waals surface area contributed by atoms with Crippen LogP contribution in [0.3, 0.4) is 0 Å². The van der Waals surface area contributed by atoms with Gasteiger partial charge in [-0.05, 0) is 43.6 Å². The number of aliphatic hydroxyl groups is 1. The summed E-state index contributed by atoms with van der Waals surface area (Å²) in [5, 5.41) is 10.2. The lowest BCUT2D eigenvalue weighted by Gasteiger charge is -2.55. The van der Waals surface area contributed by atoms with Crippen LogP contribution in [0.5, 0.6) is 0 Å². The lowest BCUT2D eigenvalue weighted by atomic mass is 9.54. The highest BCUT2D eigenvalue weighted by atomic mass is 16.3. The van der Waals surface area contributed by atoms with Gasteiger partial charge in [0.15, 0.2) is 0 Å². The van der Waals surface area contributed by atoms with Gasteiger partial charge in [-0.2, -0.15) is 0 Å². The Morgan fingerprint density at radius 2 is 2.08 bits per heavy atom. The maximum Gasteiger partial charge on any atom is 0.0884 e. The van der Waals surface area contributed by atoms with Gasteiger partial charge in [0, 0.05) is 0 Å². The minimum Gasteiger partial charge on any atom is -0.385 e. The summed E-state index contributed by atoms with van der Waals surface area (Å²) in [7, 11) is 0. The summed E-state index contributed by atoms with van der Waals surface area (Å²) in [6.45, 7) is 5.85. The number of rotatable bonds is 1. The molecule has 2 rings (SSSR count). The van der Waals surface area contributed by atoms with E-state index in [1.54, 1.807) is 0 Å². The average molecular weight is 166 g/mol. The van der Waals surface area contributed by atoms with Crippen molar-refractivity contribution in [3.05, 3.63) is 12.2 Å². The van der Waals surface area contributed by atoms with Crippen LogP contribution in [0, 0.1) is 11.8 Å². The van der Waals surface area contributed by atoms with Crippen molar-refractivity contribution in [1.82, 2.24) is 0 Å². The third-order valence-electron chi connectivity index (χ3n) is 3.83. The molecule has 0 aromatic carbocycles. The largest absolute Gasteiger partial charge is 0.385 e. The smallest absolute Gasteiger partial charge is 0.0884 e. The van der Waals surface area contributed by atoms with E-state index in [9.17, 15) is 5.11 Å². The van der Waals surface area contributed by atoms with E-state index < -0.39 is 5.60 Å². The number of hydrogen-bond acceptors (Lipinski definition) is 1. The van der Waals surface area contributed by atoms with E-state index in [0.717, 1.165) is 17.9 Å². The second-order valence-corrected chi connectivity index (χ2v) is 4.56. The summed E-state index contributed by atoms with van der Waals surface area (Å²) in [5.74, 6) is 1.35. The van der Waals surface area contributed by atoms with Gasteiger partial charge in [0.1, 0.15) is 0 Å². The Kier molecular flexibility index (Phi) is 1.80. The molecule has 2 saturated carbocycles. The van der Waals surface area contributed by atoms with Gasteiger partial charge in [0.2, 0.25) is 0 Å². The van der Waals surface area contributed by atoms with Crippen molar-refractivity contribution < 1.29 is 5.11 Å². The molecule has 0 amide bonds. The van der Waals surface area contributed by atoms with Gasteiger partial charge in [-0.15, -0.1) is 0 Å². The summed E-state index contributed by atoms with van der Waals surface area (Å²) in [6.07, 6.45) is 6.20. The van der Waals surface area contributed by atoms with Crippen LogP contribution >= 0.6 is 0 Å². The molecule has 1 heteroatoms. The molecule has 1 N–H and O–H groups in total. The topological polar surface area (TPSA) is 20.2 Å². The van der Waals surface area contributed by atoms with Crippen molar-refractivity contribution in [2.45, 2.75) is 44.6 Å². The summed E-state index contributed by atoms with van der Waals surface area (Å²) in [4.78, 5) is 0. The quantitative estimate of drug-likeness (QED) is 0.593. The summed E-state index contributed by atoms with van der Waals surface area (Å²) in [5.41, 5.74) is 0.496. The van der Waals surface area contributed by atoms with Crippen molar-refractivity contribution in [3.8, 4) is 0 Å². The summed E-state index contributed by atoms with van der Waals surface area (Å²) >= 11 is 0. The molecular weight excluding hydrogens is 148 g/mol. The monoisotopic (exact) mass is 166 g/mol. The van der Waals surface area contributed by atoms with Crippen molar-refractivity contribution in [2.75, 3.05) is 0 Å². The fourth-order valence-electron chi connectivity index (χ4n) is 2.96. The molecular formula is C11H18O. The van der Waals surface area contributed by atoms with Crippen LogP contribution in [-0.4, -0.2) is 10.7 Å². The van der Waals surface area contributed by atoms with Crippen LogP contribution < -0.4 is 0 Å². The zero-order valence-corrected chi connectivity index (χ0v) is 7.84. The van der Waals surface area contributed by atoms with Crippen molar-refractivity contribution in [1.29, 1.82) is 0 Å². The number of fused-ring (bicyclic) bond motifs is 1. The molecule has 0 saturated heterocycles. The van der Waals surface area contributed by atoms with E-state index in [1.807, 2.05) is 6.92 Å². The zero-order chi connectivity index (χ0) is 8.77. The first-order chi connectivity index (χ1) is 5.64. The Balaban J connectivity index is 2.09. The van der Waals surface area contributed by atoms with Crippen LogP contribution in [0.1, 0.15) is 39.0 Å². The first-order valence-corrected chi connectivity index (χ1v) is 5.03. The van der Waals surface area contributed by atoms with E-state index in [2.05, 4.69) is 6.58 Å². The molecule has 0 radical (unpaired) electrons. The normalized spacial score (nSPS) is 46.2. The van der Waals surface area contributed by atoms with Crippen LogP contribution in [-0.2, 0) is 0 Å². The maximum absolute atomic E-state index is 10.2. The van der Waals surface area contributed by atoms with Crippen molar-refractivity contribution in [2.24, 2.45) is 11.8 Å². The van der Waals surface area contributed by atoms with Crippen LogP contribution in [0.25, 0.3) is 0 Å². The van der Waals surface area contributed by atoms with Gasteiger partial charge in [-0.3, -0.25) is 0 Å². The molecule has 0 spiro atoms. The van der Waals surface area contributed by atoms with Gasteiger partial charge < -0.3 is 5.11 Å². The third kappa shape index (κ3) is 0.957. The van der Waals surface area contributed by atoms with Gasteiger partial charge in [-0.25, -0.2) is 0 Å². The Morgan fingerprint density at radius 1 is 1.42 bits per heavy atom. The van der Waals surface area contributed by atoms with Gasteiger partial charge >= 0.3 is 0 Å². The van der Waals surface area contributed by atoms with Crippen molar-refractivity contribution in [3.63, 3.8) is 0 Å². The molecule has 0 aromatic rings. The Bertz CT molecular complexity index is 209. The molecule has 1 nitrogen and oxygen atoms in total. The molecule has 3 atom stereocenters. The van der Waals surface area contributed by atoms with E-state index in [-0.39, 0.29) is 0 Å². The molecule has 0 aliphatic heterocycles. The highest BCUT2D eigenvalue weighted by molar-refractivity contribution is 5.20. The third-order valence-corrected chi connectivity index (χ3v) is 3.83. The fourth-order valence-corrected chi connectivity index (χ4v) is 2.96. The highest BCUT2D eigenvalue weighted by Gasteiger charge is 2.53. The number of hydrogen-bond donors (Lipinski definition) is 1. The van der Waals surface area contributed by atoms with Gasteiger partial charge in [0.05, 0.1) is 5.60 Å². The minimum atomic E-state index is -0.481. The zero-order valence-electron chi connectivity index (χ0n) is 7.84. The van der Waals surface area contributed by atoms with Gasteiger partial charge in [0.25, 0.3) is 0 Å². The lowest BCUT2D eigenvalue weighted by Crippen LogP contribution is -2.55. The lowest BCUT2D eigenvalue weighted by molar-refractivity contribution is -0.126. The SMILES string of the molecule is C=C(C)[C@]1(O)C[C@H]2CCCC[C@H]21. The molecule has 2 aliphatic carbocycles. The molecule has 0 heterocycles. The highest BCUT2D eigenvalue weighted by Crippen LogP contribution is 2.54. The molecule has 0 aromatic heterocycles. The Morgan fingerprint density at radius 3 is 2.67 bits per heavy atom. The van der Waals surface area contributed by atoms with Crippen LogP contribution in [0.2, 0.25) is 0 Å². The van der Waals surface area contributed by atoms with E-state index in [1.165, 1.54) is 25.7 Å². The van der Waals surface area contributed by atoms with Crippen molar-refractivity contribution >= 4 is 0 Å². The maximum atomic E-state index is 10.2. The minimum absolute atomic E-state index is 0.481. The predicted octanol–water partition coefficient (Wildman–Crippen LogP) is 2.50. The van der Waals surface area contributed by atoms with E-state index in [4.69, 9.17) is 0 Å².